The van der Waals surface area contributed by atoms with E-state index in [1.54, 1.807) is 28.6 Å². The highest BCUT2D eigenvalue weighted by Crippen LogP contribution is 2.36. The van der Waals surface area contributed by atoms with Crippen molar-refractivity contribution in [3.05, 3.63) is 101 Å². The number of para-hydroxylation sites is 1. The first-order chi connectivity index (χ1) is 17.4. The van der Waals surface area contributed by atoms with Gasteiger partial charge in [0.25, 0.3) is 0 Å². The molecule has 5 rings (SSSR count). The van der Waals surface area contributed by atoms with E-state index >= 15 is 0 Å². The molecule has 0 saturated heterocycles. The molecule has 4 aromatic rings. The molecular weight excluding hydrogens is 492 g/mol. The molecule has 1 aliphatic rings. The second-order valence-electron chi connectivity index (χ2n) is 8.94. The topological polar surface area (TPSA) is 51.5 Å². The summed E-state index contributed by atoms with van der Waals surface area (Å²) in [6, 6.07) is 23.0. The normalized spacial score (nSPS) is 14.7. The number of hydrogen-bond acceptors (Lipinski definition) is 3. The van der Waals surface area contributed by atoms with E-state index in [0.717, 1.165) is 11.6 Å². The quantitative estimate of drug-likeness (QED) is 0.278. The van der Waals surface area contributed by atoms with Gasteiger partial charge in [0.05, 0.1) is 11.5 Å². The maximum absolute atomic E-state index is 13.3. The van der Waals surface area contributed by atoms with Gasteiger partial charge in [-0.1, -0.05) is 48.0 Å². The van der Waals surface area contributed by atoms with E-state index in [0.29, 0.717) is 36.8 Å². The van der Waals surface area contributed by atoms with Crippen LogP contribution in [0, 0.1) is 6.92 Å². The summed E-state index contributed by atoms with van der Waals surface area (Å²) in [7, 11) is -3.57. The number of benzene rings is 3. The fraction of sp³-hybridized carbons (Fsp3) is 0.241. The van der Waals surface area contributed by atoms with Crippen molar-refractivity contribution in [2.45, 2.75) is 31.7 Å². The first kappa shape index (κ1) is 24.6. The summed E-state index contributed by atoms with van der Waals surface area (Å²) < 4.78 is 35.8. The van der Waals surface area contributed by atoms with Crippen molar-refractivity contribution in [2.24, 2.45) is 0 Å². The van der Waals surface area contributed by atoms with Crippen LogP contribution in [0.3, 0.4) is 0 Å². The van der Waals surface area contributed by atoms with Crippen LogP contribution in [0.15, 0.2) is 83.8 Å². The highest BCUT2D eigenvalue weighted by atomic mass is 35.5. The Balaban J connectivity index is 1.44. The molecule has 0 bridgehead atoms. The molecule has 0 saturated carbocycles. The van der Waals surface area contributed by atoms with E-state index in [2.05, 4.69) is 54.0 Å². The Morgan fingerprint density at radius 3 is 2.36 bits per heavy atom. The largest absolute Gasteiger partial charge is 0.494 e. The van der Waals surface area contributed by atoms with Gasteiger partial charge >= 0.3 is 0 Å². The summed E-state index contributed by atoms with van der Waals surface area (Å²) in [5.74, 6) is 0.669. The molecule has 7 heteroatoms. The number of sulfonamides is 1. The van der Waals surface area contributed by atoms with Crippen LogP contribution in [0.5, 0.6) is 5.75 Å². The number of fused-ring (bicyclic) bond motifs is 1. The second-order valence-corrected chi connectivity index (χ2v) is 11.3. The molecule has 1 aliphatic heterocycles. The maximum atomic E-state index is 13.3. The van der Waals surface area contributed by atoms with Crippen LogP contribution < -0.4 is 4.74 Å². The Hall–Kier alpha value is -3.06. The monoisotopic (exact) mass is 520 g/mol. The average molecular weight is 521 g/mol. The van der Waals surface area contributed by atoms with Crippen molar-refractivity contribution in [1.29, 1.82) is 0 Å². The molecule has 0 aliphatic carbocycles. The van der Waals surface area contributed by atoms with E-state index in [-0.39, 0.29) is 0 Å². The Bertz CT molecular complexity index is 1520. The van der Waals surface area contributed by atoms with E-state index < -0.39 is 10.0 Å². The molecule has 0 amide bonds. The average Bonchev–Trinajstić information content (AvgIpc) is 3.17. The van der Waals surface area contributed by atoms with Crippen LogP contribution in [0.25, 0.3) is 16.5 Å². The van der Waals surface area contributed by atoms with Gasteiger partial charge in [-0.3, -0.25) is 0 Å². The number of nitrogens with zero attached hydrogens (tertiary/aromatic N) is 2. The second kappa shape index (κ2) is 10.1. The number of halogens is 1. The lowest BCUT2D eigenvalue weighted by atomic mass is 9.97. The smallest absolute Gasteiger partial charge is 0.243 e. The minimum Gasteiger partial charge on any atom is -0.494 e. The summed E-state index contributed by atoms with van der Waals surface area (Å²) >= 11 is 6.08. The summed E-state index contributed by atoms with van der Waals surface area (Å²) in [6.07, 6.45) is 2.73. The summed E-state index contributed by atoms with van der Waals surface area (Å²) in [6.45, 7) is 6.13. The predicted molar refractivity (Wildman–Crippen MR) is 146 cm³/mol. The van der Waals surface area contributed by atoms with Gasteiger partial charge in [-0.15, -0.1) is 0 Å². The Labute approximate surface area is 217 Å². The Kier molecular flexibility index (Phi) is 6.93. The molecule has 0 spiro atoms. The number of ether oxygens (including phenoxy) is 1. The first-order valence-electron chi connectivity index (χ1n) is 12.1. The van der Waals surface area contributed by atoms with Gasteiger partial charge < -0.3 is 9.30 Å². The van der Waals surface area contributed by atoms with Gasteiger partial charge in [-0.2, -0.15) is 4.31 Å². The number of hydrogen-bond donors (Lipinski definition) is 0. The van der Waals surface area contributed by atoms with E-state index in [9.17, 15) is 8.42 Å². The van der Waals surface area contributed by atoms with Crippen molar-refractivity contribution in [2.75, 3.05) is 19.7 Å². The third kappa shape index (κ3) is 4.69. The molecule has 1 aromatic heterocycles. The molecule has 0 fully saturated rings. The lowest BCUT2D eigenvalue weighted by molar-refractivity contribution is 0.340. The summed E-state index contributed by atoms with van der Waals surface area (Å²) in [5.41, 5.74) is 5.93. The molecule has 0 unspecified atom stereocenters. The SMILES string of the molecule is CCOc1ccc(S(=O)(=O)N2CC=C(c3c(C)n(Cc4ccc(Cl)cc4)c4ccccc34)CC2)cc1. The lowest BCUT2D eigenvalue weighted by Crippen LogP contribution is -2.34. The van der Waals surface area contributed by atoms with Crippen LogP contribution in [-0.4, -0.2) is 37.0 Å². The molecular formula is C29H29ClN2O3S. The Morgan fingerprint density at radius 1 is 0.972 bits per heavy atom. The molecule has 3 aromatic carbocycles. The standard InChI is InChI=1S/C29H29ClN2O3S/c1-3-35-25-12-14-26(15-13-25)36(33,34)31-18-16-23(17-19-31)29-21(2)32(28-7-5-4-6-27(28)29)20-22-8-10-24(30)11-9-22/h4-16H,3,17-20H2,1-2H3. The van der Waals surface area contributed by atoms with Gasteiger partial charge in [-0.25, -0.2) is 8.42 Å². The zero-order valence-corrected chi connectivity index (χ0v) is 22.0. The number of aromatic nitrogens is 1. The summed E-state index contributed by atoms with van der Waals surface area (Å²) in [5, 5.41) is 1.92. The minimum atomic E-state index is -3.57. The van der Waals surface area contributed by atoms with Crippen LogP contribution >= 0.6 is 11.6 Å². The van der Waals surface area contributed by atoms with Gasteiger partial charge in [0, 0.05) is 46.8 Å². The zero-order chi connectivity index (χ0) is 25.3. The highest BCUT2D eigenvalue weighted by Gasteiger charge is 2.28. The van der Waals surface area contributed by atoms with Crippen molar-refractivity contribution in [3.8, 4) is 5.75 Å². The molecule has 2 heterocycles. The van der Waals surface area contributed by atoms with Crippen LogP contribution in [0.4, 0.5) is 0 Å². The van der Waals surface area contributed by atoms with Gasteiger partial charge in [0.2, 0.25) is 10.0 Å². The zero-order valence-electron chi connectivity index (χ0n) is 20.4. The predicted octanol–water partition coefficient (Wildman–Crippen LogP) is 6.53. The van der Waals surface area contributed by atoms with Gasteiger partial charge in [-0.05, 0) is 73.9 Å². The van der Waals surface area contributed by atoms with E-state index in [1.165, 1.54) is 33.3 Å². The van der Waals surface area contributed by atoms with Crippen LogP contribution in [0.2, 0.25) is 5.02 Å². The Morgan fingerprint density at radius 2 is 1.69 bits per heavy atom. The fourth-order valence-electron chi connectivity index (χ4n) is 4.93. The van der Waals surface area contributed by atoms with E-state index in [4.69, 9.17) is 16.3 Å². The lowest BCUT2D eigenvalue weighted by Gasteiger charge is -2.26. The van der Waals surface area contributed by atoms with Crippen LogP contribution in [-0.2, 0) is 16.6 Å². The van der Waals surface area contributed by atoms with Crippen LogP contribution in [0.1, 0.15) is 30.2 Å². The summed E-state index contributed by atoms with van der Waals surface area (Å²) in [4.78, 5) is 0.290. The van der Waals surface area contributed by atoms with Crippen molar-refractivity contribution >= 4 is 38.1 Å². The third-order valence-corrected chi connectivity index (χ3v) is 8.88. The third-order valence-electron chi connectivity index (χ3n) is 6.75. The van der Waals surface area contributed by atoms with Crippen molar-refractivity contribution in [1.82, 2.24) is 8.87 Å². The van der Waals surface area contributed by atoms with Gasteiger partial charge in [0.15, 0.2) is 0 Å². The molecule has 186 valence electrons. The van der Waals surface area contributed by atoms with Crippen molar-refractivity contribution in [3.63, 3.8) is 0 Å². The molecule has 0 radical (unpaired) electrons. The van der Waals surface area contributed by atoms with Gasteiger partial charge in [0.1, 0.15) is 5.75 Å². The number of rotatable bonds is 7. The molecule has 0 atom stereocenters. The molecule has 5 nitrogen and oxygen atoms in total. The molecule has 0 N–H and O–H groups in total. The molecule has 36 heavy (non-hydrogen) atoms. The fourth-order valence-corrected chi connectivity index (χ4v) is 6.44. The maximum Gasteiger partial charge on any atom is 0.243 e. The highest BCUT2D eigenvalue weighted by molar-refractivity contribution is 7.89. The van der Waals surface area contributed by atoms with Crippen molar-refractivity contribution < 1.29 is 13.2 Å². The minimum absolute atomic E-state index is 0.290. The van der Waals surface area contributed by atoms with E-state index in [1.807, 2.05) is 19.1 Å². The first-order valence-corrected chi connectivity index (χ1v) is 13.9.